The zero-order valence-electron chi connectivity index (χ0n) is 18.1. The first-order valence-corrected chi connectivity index (χ1v) is 10.5. The zero-order valence-corrected chi connectivity index (χ0v) is 18.1. The van der Waals surface area contributed by atoms with Gasteiger partial charge in [0.25, 0.3) is 5.91 Å². The van der Waals surface area contributed by atoms with E-state index in [4.69, 9.17) is 4.74 Å². The Bertz CT molecular complexity index is 880. The van der Waals surface area contributed by atoms with Crippen molar-refractivity contribution in [1.82, 2.24) is 9.80 Å². The van der Waals surface area contributed by atoms with Crippen LogP contribution in [0.4, 0.5) is 10.1 Å². The predicted molar refractivity (Wildman–Crippen MR) is 111 cm³/mol. The maximum Gasteiger partial charge on any atom is 0.311 e. The first kappa shape index (κ1) is 22.7. The molecule has 8 nitrogen and oxygen atoms in total. The number of hydrogen-bond donors (Lipinski definition) is 0. The summed E-state index contributed by atoms with van der Waals surface area (Å²) in [5.41, 5.74) is 0.710. The van der Waals surface area contributed by atoms with Crippen molar-refractivity contribution in [2.75, 3.05) is 44.2 Å². The number of ketones is 1. The van der Waals surface area contributed by atoms with E-state index in [2.05, 4.69) is 0 Å². The van der Waals surface area contributed by atoms with Crippen LogP contribution < -0.4 is 4.90 Å². The monoisotopic (exact) mass is 433 g/mol. The SMILES string of the molecule is CC(=O)c1ccc(N2CCN(C(=O)COC(=O)C3CC(=O)N(C(C)C)C3)CC2)c(F)c1. The molecule has 3 rings (SSSR count). The number of piperazine rings is 1. The summed E-state index contributed by atoms with van der Waals surface area (Å²) in [5.74, 6) is -2.14. The second kappa shape index (κ2) is 9.45. The number of benzene rings is 1. The Kier molecular flexibility index (Phi) is 6.92. The van der Waals surface area contributed by atoms with Crippen LogP contribution in [-0.4, -0.2) is 78.7 Å². The van der Waals surface area contributed by atoms with E-state index in [0.717, 1.165) is 0 Å². The molecule has 2 aliphatic heterocycles. The largest absolute Gasteiger partial charge is 0.455 e. The van der Waals surface area contributed by atoms with Crippen LogP contribution in [0.5, 0.6) is 0 Å². The van der Waals surface area contributed by atoms with E-state index < -0.39 is 17.7 Å². The molecular formula is C22H28FN3O5. The Balaban J connectivity index is 1.47. The quantitative estimate of drug-likeness (QED) is 0.499. The van der Waals surface area contributed by atoms with Crippen molar-refractivity contribution in [3.8, 4) is 0 Å². The minimum absolute atomic E-state index is 0.0201. The lowest BCUT2D eigenvalue weighted by Crippen LogP contribution is -2.50. The minimum Gasteiger partial charge on any atom is -0.455 e. The summed E-state index contributed by atoms with van der Waals surface area (Å²) in [6.07, 6.45) is 0.109. The van der Waals surface area contributed by atoms with E-state index in [0.29, 0.717) is 44.0 Å². The summed E-state index contributed by atoms with van der Waals surface area (Å²) in [4.78, 5) is 53.0. The molecule has 2 aliphatic rings. The van der Waals surface area contributed by atoms with E-state index in [-0.39, 0.29) is 36.7 Å². The van der Waals surface area contributed by atoms with Gasteiger partial charge < -0.3 is 19.4 Å². The third-order valence-corrected chi connectivity index (χ3v) is 5.78. The van der Waals surface area contributed by atoms with Crippen LogP contribution in [0.2, 0.25) is 0 Å². The molecule has 1 atom stereocenters. The van der Waals surface area contributed by atoms with Crippen molar-refractivity contribution >= 4 is 29.3 Å². The van der Waals surface area contributed by atoms with Crippen molar-refractivity contribution in [2.45, 2.75) is 33.2 Å². The van der Waals surface area contributed by atoms with Crippen LogP contribution in [0.25, 0.3) is 0 Å². The molecule has 9 heteroatoms. The van der Waals surface area contributed by atoms with E-state index in [1.807, 2.05) is 18.7 Å². The fourth-order valence-corrected chi connectivity index (χ4v) is 3.91. The first-order valence-electron chi connectivity index (χ1n) is 10.5. The third-order valence-electron chi connectivity index (χ3n) is 5.78. The Morgan fingerprint density at radius 2 is 1.84 bits per heavy atom. The number of carbonyl (C=O) groups is 4. The van der Waals surface area contributed by atoms with Gasteiger partial charge in [-0.1, -0.05) is 0 Å². The number of esters is 1. The molecule has 2 heterocycles. The van der Waals surface area contributed by atoms with Crippen LogP contribution in [0, 0.1) is 11.7 Å². The zero-order chi connectivity index (χ0) is 22.7. The van der Waals surface area contributed by atoms with Crippen molar-refractivity contribution in [3.63, 3.8) is 0 Å². The molecule has 0 aromatic heterocycles. The van der Waals surface area contributed by atoms with Crippen LogP contribution >= 0.6 is 0 Å². The molecule has 1 aromatic carbocycles. The Hall–Kier alpha value is -2.97. The highest BCUT2D eigenvalue weighted by Gasteiger charge is 2.37. The number of rotatable bonds is 6. The molecule has 2 saturated heterocycles. The maximum absolute atomic E-state index is 14.4. The number of carbonyl (C=O) groups excluding carboxylic acids is 4. The number of hydrogen-bond acceptors (Lipinski definition) is 6. The summed E-state index contributed by atoms with van der Waals surface area (Å²) >= 11 is 0. The molecule has 0 saturated carbocycles. The van der Waals surface area contributed by atoms with Gasteiger partial charge in [0.1, 0.15) is 5.82 Å². The minimum atomic E-state index is -0.541. The highest BCUT2D eigenvalue weighted by atomic mass is 19.1. The van der Waals surface area contributed by atoms with Gasteiger partial charge in [0.15, 0.2) is 12.4 Å². The van der Waals surface area contributed by atoms with Gasteiger partial charge >= 0.3 is 5.97 Å². The number of anilines is 1. The first-order chi connectivity index (χ1) is 14.7. The molecule has 1 aromatic rings. The van der Waals surface area contributed by atoms with E-state index in [1.165, 1.54) is 13.0 Å². The second-order valence-electron chi connectivity index (χ2n) is 8.24. The lowest BCUT2D eigenvalue weighted by Gasteiger charge is -2.36. The van der Waals surface area contributed by atoms with Gasteiger partial charge in [0.05, 0.1) is 11.6 Å². The van der Waals surface area contributed by atoms with Gasteiger partial charge in [-0.2, -0.15) is 0 Å². The molecule has 0 radical (unpaired) electrons. The van der Waals surface area contributed by atoms with Gasteiger partial charge in [-0.3, -0.25) is 19.2 Å². The van der Waals surface area contributed by atoms with E-state index in [9.17, 15) is 23.6 Å². The average Bonchev–Trinajstić information content (AvgIpc) is 3.14. The van der Waals surface area contributed by atoms with Crippen LogP contribution in [0.15, 0.2) is 18.2 Å². The summed E-state index contributed by atoms with van der Waals surface area (Å²) in [7, 11) is 0. The molecule has 0 bridgehead atoms. The van der Waals surface area contributed by atoms with Gasteiger partial charge in [-0.15, -0.1) is 0 Å². The number of amides is 2. The Morgan fingerprint density at radius 3 is 2.39 bits per heavy atom. The normalized spacial score (nSPS) is 19.2. The van der Waals surface area contributed by atoms with E-state index in [1.54, 1.807) is 21.9 Å². The van der Waals surface area contributed by atoms with Crippen molar-refractivity contribution in [3.05, 3.63) is 29.6 Å². The van der Waals surface area contributed by atoms with Crippen LogP contribution in [-0.2, 0) is 19.1 Å². The van der Waals surface area contributed by atoms with Gasteiger partial charge in [-0.25, -0.2) is 4.39 Å². The molecule has 1 unspecified atom stereocenters. The van der Waals surface area contributed by atoms with Crippen LogP contribution in [0.3, 0.4) is 0 Å². The molecule has 2 fully saturated rings. The van der Waals surface area contributed by atoms with E-state index >= 15 is 0 Å². The van der Waals surface area contributed by atoms with Gasteiger partial charge in [0.2, 0.25) is 5.91 Å². The fraction of sp³-hybridized carbons (Fsp3) is 0.545. The Labute approximate surface area is 180 Å². The second-order valence-corrected chi connectivity index (χ2v) is 8.24. The lowest BCUT2D eigenvalue weighted by molar-refractivity contribution is -0.155. The number of halogens is 1. The van der Waals surface area contributed by atoms with Crippen molar-refractivity contribution < 1.29 is 28.3 Å². The summed E-state index contributed by atoms with van der Waals surface area (Å²) < 4.78 is 19.5. The molecular weight excluding hydrogens is 405 g/mol. The summed E-state index contributed by atoms with van der Waals surface area (Å²) in [5, 5.41) is 0. The topological polar surface area (TPSA) is 87.2 Å². The summed E-state index contributed by atoms with van der Waals surface area (Å²) in [6, 6.07) is 4.41. The molecule has 2 amide bonds. The number of ether oxygens (including phenoxy) is 1. The number of nitrogens with zero attached hydrogens (tertiary/aromatic N) is 3. The smallest absolute Gasteiger partial charge is 0.311 e. The standard InChI is InChI=1S/C22H28FN3O5/c1-14(2)26-12-17(11-20(26)28)22(30)31-13-21(29)25-8-6-24(7-9-25)19-5-4-16(15(3)27)10-18(19)23/h4-5,10,14,17H,6-9,11-13H2,1-3H3. The van der Waals surface area contributed by atoms with Gasteiger partial charge in [0, 0.05) is 50.7 Å². The van der Waals surface area contributed by atoms with Crippen molar-refractivity contribution in [1.29, 1.82) is 0 Å². The average molecular weight is 433 g/mol. The highest BCUT2D eigenvalue weighted by molar-refractivity contribution is 5.94. The fourth-order valence-electron chi connectivity index (χ4n) is 3.91. The van der Waals surface area contributed by atoms with Crippen molar-refractivity contribution in [2.24, 2.45) is 5.92 Å². The Morgan fingerprint density at radius 1 is 1.16 bits per heavy atom. The predicted octanol–water partition coefficient (Wildman–Crippen LogP) is 1.48. The lowest BCUT2D eigenvalue weighted by atomic mass is 10.1. The molecule has 0 spiro atoms. The number of Topliss-reactive ketones (excluding diaryl/α,β-unsaturated/α-hetero) is 1. The van der Waals surface area contributed by atoms with Crippen LogP contribution in [0.1, 0.15) is 37.6 Å². The maximum atomic E-state index is 14.4. The third kappa shape index (κ3) is 5.21. The summed E-state index contributed by atoms with van der Waals surface area (Å²) in [6.45, 7) is 6.70. The van der Waals surface area contributed by atoms with Gasteiger partial charge in [-0.05, 0) is 39.0 Å². The molecule has 0 aliphatic carbocycles. The molecule has 31 heavy (non-hydrogen) atoms. The highest BCUT2D eigenvalue weighted by Crippen LogP contribution is 2.23. The molecule has 168 valence electrons. The number of likely N-dealkylation sites (tertiary alicyclic amines) is 1. The molecule has 0 N–H and O–H groups in total.